The molecular formula is C16H18N4O3S. The molecule has 1 aromatic rings. The van der Waals surface area contributed by atoms with Crippen LogP contribution in [0, 0.1) is 6.92 Å². The molecule has 0 saturated carbocycles. The topological polar surface area (TPSA) is 83.4 Å². The summed E-state index contributed by atoms with van der Waals surface area (Å²) in [7, 11) is 5.21. The van der Waals surface area contributed by atoms with E-state index in [4.69, 9.17) is 0 Å². The van der Waals surface area contributed by atoms with Crippen LogP contribution >= 0.6 is 11.8 Å². The summed E-state index contributed by atoms with van der Waals surface area (Å²) in [5, 5.41) is 10.8. The van der Waals surface area contributed by atoms with Crippen LogP contribution in [-0.4, -0.2) is 44.5 Å². The zero-order valence-electron chi connectivity index (χ0n) is 13.9. The van der Waals surface area contributed by atoms with E-state index >= 15 is 0 Å². The molecule has 1 amide bonds. The predicted molar refractivity (Wildman–Crippen MR) is 96.4 cm³/mol. The van der Waals surface area contributed by atoms with Crippen molar-refractivity contribution >= 4 is 40.7 Å². The second-order valence-electron chi connectivity index (χ2n) is 5.17. The third kappa shape index (κ3) is 4.45. The van der Waals surface area contributed by atoms with Gasteiger partial charge in [-0.3, -0.25) is 10.1 Å². The Kier molecular flexibility index (Phi) is 5.75. The van der Waals surface area contributed by atoms with Gasteiger partial charge in [0.05, 0.1) is 18.2 Å². The number of carbonyl (C=O) groups excluding carboxylic acids is 2. The van der Waals surface area contributed by atoms with Crippen LogP contribution in [0.3, 0.4) is 0 Å². The molecule has 1 N–H and O–H groups in total. The van der Waals surface area contributed by atoms with Gasteiger partial charge >= 0.3 is 5.97 Å². The molecule has 126 valence electrons. The second-order valence-corrected chi connectivity index (χ2v) is 6.20. The summed E-state index contributed by atoms with van der Waals surface area (Å²) in [5.74, 6) is -0.986. The molecule has 0 aromatic heterocycles. The fourth-order valence-corrected chi connectivity index (χ4v) is 2.61. The largest absolute Gasteiger partial charge is 0.466 e. The minimum Gasteiger partial charge on any atom is -0.466 e. The van der Waals surface area contributed by atoms with E-state index in [0.717, 1.165) is 34.7 Å². The third-order valence-corrected chi connectivity index (χ3v) is 4.12. The van der Waals surface area contributed by atoms with Crippen molar-refractivity contribution in [3.05, 3.63) is 40.3 Å². The fourth-order valence-electron chi connectivity index (χ4n) is 1.87. The molecule has 2 rings (SSSR count). The number of amidine groups is 1. The van der Waals surface area contributed by atoms with E-state index in [1.807, 2.05) is 38.1 Å². The lowest BCUT2D eigenvalue weighted by molar-refractivity contribution is -0.135. The zero-order valence-corrected chi connectivity index (χ0v) is 14.7. The van der Waals surface area contributed by atoms with Gasteiger partial charge in [-0.25, -0.2) is 4.79 Å². The molecule has 1 aliphatic rings. The van der Waals surface area contributed by atoms with E-state index in [9.17, 15) is 9.59 Å². The second kappa shape index (κ2) is 7.78. The first-order chi connectivity index (χ1) is 11.4. The van der Waals surface area contributed by atoms with E-state index in [1.165, 1.54) is 7.11 Å². The molecule has 1 heterocycles. The highest BCUT2D eigenvalue weighted by atomic mass is 32.2. The van der Waals surface area contributed by atoms with Crippen LogP contribution in [0.1, 0.15) is 11.1 Å². The first-order valence-corrected chi connectivity index (χ1v) is 7.90. The van der Waals surface area contributed by atoms with Crippen LogP contribution in [-0.2, 0) is 14.3 Å². The Morgan fingerprint density at radius 1 is 1.38 bits per heavy atom. The van der Waals surface area contributed by atoms with Crippen LogP contribution in [0.5, 0.6) is 0 Å². The average Bonchev–Trinajstić information content (AvgIpc) is 2.88. The first kappa shape index (κ1) is 17.7. The maximum absolute atomic E-state index is 11.7. The van der Waals surface area contributed by atoms with Crippen molar-refractivity contribution in [3.63, 3.8) is 0 Å². The van der Waals surface area contributed by atoms with Gasteiger partial charge in [-0.1, -0.05) is 6.07 Å². The maximum atomic E-state index is 11.7. The summed E-state index contributed by atoms with van der Waals surface area (Å²) < 4.78 is 4.49. The lowest BCUT2D eigenvalue weighted by atomic mass is 10.1. The average molecular weight is 346 g/mol. The number of ether oxygens (including phenoxy) is 1. The fraction of sp³-hybridized carbons (Fsp3) is 0.250. The van der Waals surface area contributed by atoms with Gasteiger partial charge in [0.1, 0.15) is 0 Å². The van der Waals surface area contributed by atoms with Gasteiger partial charge in [0, 0.05) is 25.9 Å². The number of hydrogen-bond donors (Lipinski definition) is 1. The molecule has 1 fully saturated rings. The van der Waals surface area contributed by atoms with E-state index in [-0.39, 0.29) is 4.91 Å². The summed E-state index contributed by atoms with van der Waals surface area (Å²) in [5.41, 5.74) is 3.11. The molecule has 1 saturated heterocycles. The Hall–Kier alpha value is -2.61. The van der Waals surface area contributed by atoms with Crippen molar-refractivity contribution in [2.24, 2.45) is 10.2 Å². The summed E-state index contributed by atoms with van der Waals surface area (Å²) in [4.78, 5) is 25.1. The maximum Gasteiger partial charge on any atom is 0.331 e. The van der Waals surface area contributed by atoms with Crippen molar-refractivity contribution in [2.75, 3.05) is 26.1 Å². The summed E-state index contributed by atoms with van der Waals surface area (Å²) >= 11 is 1.04. The quantitative estimate of drug-likeness (QED) is 0.388. The molecule has 0 aliphatic carbocycles. The Labute approximate surface area is 144 Å². The number of nitrogens with zero attached hydrogens (tertiary/aromatic N) is 3. The highest BCUT2D eigenvalue weighted by Gasteiger charge is 2.24. The van der Waals surface area contributed by atoms with Crippen molar-refractivity contribution in [3.8, 4) is 0 Å². The molecule has 0 unspecified atom stereocenters. The lowest BCUT2D eigenvalue weighted by Gasteiger charge is -2.13. The van der Waals surface area contributed by atoms with Gasteiger partial charge in [0.15, 0.2) is 5.17 Å². The molecular weight excluding hydrogens is 328 g/mol. The standard InChI is InChI=1S/C16H18N4O3S/c1-10-7-12(20(2)3)6-5-11(10)9-17-19-16-18-15(22)13(24-16)8-14(21)23-4/h5-9H,1-4H3,(H,18,19,22)/b13-8+,17-9?. The number of carbonyl (C=O) groups is 2. The highest BCUT2D eigenvalue weighted by molar-refractivity contribution is 8.18. The van der Waals surface area contributed by atoms with Gasteiger partial charge in [0.25, 0.3) is 5.91 Å². The molecule has 8 heteroatoms. The predicted octanol–water partition coefficient (Wildman–Crippen LogP) is 1.67. The first-order valence-electron chi connectivity index (χ1n) is 7.08. The summed E-state index contributed by atoms with van der Waals surface area (Å²) in [6, 6.07) is 6.00. The van der Waals surface area contributed by atoms with Gasteiger partial charge in [0.2, 0.25) is 0 Å². The molecule has 1 aromatic carbocycles. The zero-order chi connectivity index (χ0) is 17.7. The van der Waals surface area contributed by atoms with Crippen LogP contribution < -0.4 is 10.2 Å². The normalized spacial score (nSPS) is 17.6. The Morgan fingerprint density at radius 2 is 2.12 bits per heavy atom. The number of rotatable bonds is 4. The summed E-state index contributed by atoms with van der Waals surface area (Å²) in [6.07, 6.45) is 2.74. The number of benzene rings is 1. The minimum atomic E-state index is -0.589. The van der Waals surface area contributed by atoms with Crippen LogP contribution in [0.25, 0.3) is 0 Å². The van der Waals surface area contributed by atoms with Crippen molar-refractivity contribution in [1.29, 1.82) is 0 Å². The molecule has 0 spiro atoms. The lowest BCUT2D eigenvalue weighted by Crippen LogP contribution is -2.19. The smallest absolute Gasteiger partial charge is 0.331 e. The SMILES string of the molecule is COC(=O)/C=C1/S/C(=N\N=Cc2ccc(N(C)C)cc2C)NC1=O. The molecule has 24 heavy (non-hydrogen) atoms. The molecule has 0 bridgehead atoms. The monoisotopic (exact) mass is 346 g/mol. The number of amides is 1. The van der Waals surface area contributed by atoms with Crippen molar-refractivity contribution < 1.29 is 14.3 Å². The molecule has 0 radical (unpaired) electrons. The van der Waals surface area contributed by atoms with E-state index < -0.39 is 11.9 Å². The Bertz CT molecular complexity index is 754. The van der Waals surface area contributed by atoms with E-state index in [0.29, 0.717) is 5.17 Å². The number of anilines is 1. The summed E-state index contributed by atoms with van der Waals surface area (Å²) in [6.45, 7) is 1.99. The Morgan fingerprint density at radius 3 is 2.75 bits per heavy atom. The molecule has 7 nitrogen and oxygen atoms in total. The molecule has 0 atom stereocenters. The number of hydrogen-bond acceptors (Lipinski definition) is 7. The van der Waals surface area contributed by atoms with Crippen molar-refractivity contribution in [2.45, 2.75) is 6.92 Å². The van der Waals surface area contributed by atoms with Gasteiger partial charge in [-0.15, -0.1) is 5.10 Å². The highest BCUT2D eigenvalue weighted by Crippen LogP contribution is 2.23. The number of esters is 1. The van der Waals surface area contributed by atoms with E-state index in [1.54, 1.807) is 6.21 Å². The van der Waals surface area contributed by atoms with Crippen LogP contribution in [0.15, 0.2) is 39.4 Å². The van der Waals surface area contributed by atoms with Gasteiger partial charge < -0.3 is 9.64 Å². The van der Waals surface area contributed by atoms with Gasteiger partial charge in [-0.2, -0.15) is 5.10 Å². The number of methoxy groups -OCH3 is 1. The van der Waals surface area contributed by atoms with Crippen molar-refractivity contribution in [1.82, 2.24) is 5.32 Å². The Balaban J connectivity index is 2.09. The van der Waals surface area contributed by atoms with Crippen LogP contribution in [0.4, 0.5) is 5.69 Å². The number of aryl methyl sites for hydroxylation is 1. The molecule has 1 aliphatic heterocycles. The third-order valence-electron chi connectivity index (χ3n) is 3.22. The van der Waals surface area contributed by atoms with E-state index in [2.05, 4.69) is 26.3 Å². The van der Waals surface area contributed by atoms with Crippen LogP contribution in [0.2, 0.25) is 0 Å². The van der Waals surface area contributed by atoms with Gasteiger partial charge in [-0.05, 0) is 41.9 Å². The number of thioether (sulfide) groups is 1. The number of nitrogens with one attached hydrogen (secondary N) is 1. The minimum absolute atomic E-state index is 0.224.